The fraction of sp³-hybridized carbons (Fsp3) is 0.273. The van der Waals surface area contributed by atoms with Gasteiger partial charge in [-0.1, -0.05) is 6.92 Å². The van der Waals surface area contributed by atoms with Gasteiger partial charge in [-0.2, -0.15) is 5.10 Å². The normalized spacial score (nSPS) is 12.9. The molecule has 0 N–H and O–H groups in total. The Hall–Kier alpha value is -1.75. The quantitative estimate of drug-likeness (QED) is 0.817. The van der Waals surface area contributed by atoms with Gasteiger partial charge in [-0.3, -0.25) is 4.79 Å². The molecule has 6 heteroatoms. The number of halogens is 1. The van der Waals surface area contributed by atoms with Gasteiger partial charge in [-0.05, 0) is 12.5 Å². The van der Waals surface area contributed by atoms with Gasteiger partial charge in [0.2, 0.25) is 0 Å². The van der Waals surface area contributed by atoms with Crippen LogP contribution in [0.15, 0.2) is 17.3 Å². The predicted molar refractivity (Wildman–Crippen MR) is 67.0 cm³/mol. The van der Waals surface area contributed by atoms with Gasteiger partial charge in [0.05, 0.1) is 23.7 Å². The number of aryl methyl sites for hydroxylation is 1. The first-order valence-electron chi connectivity index (χ1n) is 5.24. The van der Waals surface area contributed by atoms with Crippen LogP contribution in [0.4, 0.5) is 0 Å². The predicted octanol–water partition coefficient (Wildman–Crippen LogP) is 1.84. The number of aromatic nitrogens is 3. The first kappa shape index (κ1) is 11.7. The number of hydrogen-bond donors (Lipinski definition) is 0. The van der Waals surface area contributed by atoms with E-state index in [2.05, 4.69) is 22.0 Å². The summed E-state index contributed by atoms with van der Waals surface area (Å²) in [5.74, 6) is -0.215. The Bertz CT molecular complexity index is 617. The van der Waals surface area contributed by atoms with Crippen LogP contribution in [0, 0.1) is 0 Å². The molecule has 0 saturated carbocycles. The maximum absolute atomic E-state index is 11.4. The van der Waals surface area contributed by atoms with Gasteiger partial charge in [0.1, 0.15) is 0 Å². The molecule has 88 valence electrons. The third kappa shape index (κ3) is 1.72. The lowest BCUT2D eigenvalue weighted by molar-refractivity contribution is 0.101. The summed E-state index contributed by atoms with van der Waals surface area (Å²) in [7, 11) is 0. The molecule has 1 amide bonds. The van der Waals surface area contributed by atoms with Crippen LogP contribution in [0.1, 0.15) is 29.4 Å². The highest BCUT2D eigenvalue weighted by molar-refractivity contribution is 6.13. The average Bonchev–Trinajstić information content (AvgIpc) is 2.83. The van der Waals surface area contributed by atoms with Crippen LogP contribution in [0.3, 0.4) is 0 Å². The number of carbonyl (C=O) groups excluding carboxylic acids is 1. The van der Waals surface area contributed by atoms with Gasteiger partial charge < -0.3 is 0 Å². The molecule has 0 atom stereocenters. The SMILES string of the molecule is CCCn1ncc2cc3c(nc21)C=NC3=O.Cl. The smallest absolute Gasteiger partial charge is 0.267 e. The highest BCUT2D eigenvalue weighted by Gasteiger charge is 2.19. The van der Waals surface area contributed by atoms with Crippen LogP contribution in [0.25, 0.3) is 11.0 Å². The first-order valence-corrected chi connectivity index (χ1v) is 5.24. The Labute approximate surface area is 104 Å². The second-order valence-corrected chi connectivity index (χ2v) is 3.77. The van der Waals surface area contributed by atoms with Crippen LogP contribution in [0.2, 0.25) is 0 Å². The van der Waals surface area contributed by atoms with Gasteiger partial charge in [-0.15, -0.1) is 12.4 Å². The van der Waals surface area contributed by atoms with Crippen molar-refractivity contribution in [1.82, 2.24) is 14.8 Å². The summed E-state index contributed by atoms with van der Waals surface area (Å²) in [5, 5.41) is 5.14. The summed E-state index contributed by atoms with van der Waals surface area (Å²) in [6.07, 6.45) is 4.26. The van der Waals surface area contributed by atoms with E-state index in [1.807, 2.05) is 10.7 Å². The van der Waals surface area contributed by atoms with Crippen molar-refractivity contribution in [3.05, 3.63) is 23.5 Å². The lowest BCUT2D eigenvalue weighted by Crippen LogP contribution is -2.02. The number of pyridine rings is 1. The van der Waals surface area contributed by atoms with Gasteiger partial charge in [0.15, 0.2) is 5.65 Å². The fourth-order valence-corrected chi connectivity index (χ4v) is 1.86. The second-order valence-electron chi connectivity index (χ2n) is 3.77. The third-order valence-corrected chi connectivity index (χ3v) is 2.61. The molecule has 5 nitrogen and oxygen atoms in total. The molecule has 1 aliphatic rings. The van der Waals surface area contributed by atoms with Crippen molar-refractivity contribution in [2.75, 3.05) is 0 Å². The van der Waals surface area contributed by atoms with E-state index in [-0.39, 0.29) is 18.3 Å². The molecule has 2 aromatic heterocycles. The Morgan fingerprint density at radius 1 is 1.41 bits per heavy atom. The van der Waals surface area contributed by atoms with E-state index in [0.717, 1.165) is 24.0 Å². The lowest BCUT2D eigenvalue weighted by atomic mass is 10.2. The van der Waals surface area contributed by atoms with Crippen molar-refractivity contribution < 1.29 is 4.79 Å². The van der Waals surface area contributed by atoms with Crippen LogP contribution < -0.4 is 0 Å². The molecule has 3 heterocycles. The molecule has 0 bridgehead atoms. The number of hydrogen-bond acceptors (Lipinski definition) is 3. The Balaban J connectivity index is 0.00000108. The maximum Gasteiger partial charge on any atom is 0.279 e. The van der Waals surface area contributed by atoms with E-state index in [0.29, 0.717) is 11.3 Å². The molecule has 2 aromatic rings. The van der Waals surface area contributed by atoms with E-state index in [1.54, 1.807) is 6.20 Å². The zero-order valence-corrected chi connectivity index (χ0v) is 10.1. The number of nitrogens with zero attached hydrogens (tertiary/aromatic N) is 4. The summed E-state index contributed by atoms with van der Waals surface area (Å²) < 4.78 is 1.85. The molecule has 17 heavy (non-hydrogen) atoms. The largest absolute Gasteiger partial charge is 0.279 e. The third-order valence-electron chi connectivity index (χ3n) is 2.61. The fourth-order valence-electron chi connectivity index (χ4n) is 1.86. The van der Waals surface area contributed by atoms with Gasteiger partial charge in [-0.25, -0.2) is 14.7 Å². The van der Waals surface area contributed by atoms with Crippen molar-refractivity contribution in [3.8, 4) is 0 Å². The van der Waals surface area contributed by atoms with E-state index in [9.17, 15) is 4.79 Å². The molecule has 0 unspecified atom stereocenters. The van der Waals surface area contributed by atoms with Crippen LogP contribution in [-0.2, 0) is 6.54 Å². The molecule has 0 aliphatic carbocycles. The van der Waals surface area contributed by atoms with Gasteiger partial charge in [0, 0.05) is 11.9 Å². The second kappa shape index (κ2) is 4.25. The maximum atomic E-state index is 11.4. The average molecular weight is 251 g/mol. The Morgan fingerprint density at radius 2 is 2.24 bits per heavy atom. The molecule has 3 rings (SSSR count). The standard InChI is InChI=1S/C11H10N4O.ClH/c1-2-3-15-10-7(5-13-15)4-8-9(14-10)6-12-11(8)16;/h4-6H,2-3H2,1H3;1H. The van der Waals surface area contributed by atoms with Gasteiger partial charge in [0.25, 0.3) is 5.91 Å². The van der Waals surface area contributed by atoms with E-state index < -0.39 is 0 Å². The molecule has 1 aliphatic heterocycles. The van der Waals surface area contributed by atoms with Crippen molar-refractivity contribution >= 4 is 35.6 Å². The number of rotatable bonds is 2. The van der Waals surface area contributed by atoms with Crippen LogP contribution in [-0.4, -0.2) is 26.9 Å². The molecular weight excluding hydrogens is 240 g/mol. The molecule has 0 fully saturated rings. The van der Waals surface area contributed by atoms with Crippen LogP contribution in [0.5, 0.6) is 0 Å². The summed E-state index contributed by atoms with van der Waals surface area (Å²) in [4.78, 5) is 19.5. The van der Waals surface area contributed by atoms with Gasteiger partial charge >= 0.3 is 0 Å². The highest BCUT2D eigenvalue weighted by Crippen LogP contribution is 2.19. The van der Waals surface area contributed by atoms with E-state index in [4.69, 9.17) is 0 Å². The molecular formula is C11H11ClN4O. The molecule has 0 spiro atoms. The number of amides is 1. The lowest BCUT2D eigenvalue weighted by Gasteiger charge is -2.00. The topological polar surface area (TPSA) is 60.1 Å². The van der Waals surface area contributed by atoms with Crippen LogP contribution >= 0.6 is 12.4 Å². The Morgan fingerprint density at radius 3 is 3.00 bits per heavy atom. The van der Waals surface area contributed by atoms with Crippen molar-refractivity contribution in [2.24, 2.45) is 4.99 Å². The highest BCUT2D eigenvalue weighted by atomic mass is 35.5. The summed E-state index contributed by atoms with van der Waals surface area (Å²) in [6.45, 7) is 2.92. The monoisotopic (exact) mass is 250 g/mol. The van der Waals surface area contributed by atoms with E-state index in [1.165, 1.54) is 6.21 Å². The zero-order chi connectivity index (χ0) is 11.1. The molecule has 0 saturated heterocycles. The van der Waals surface area contributed by atoms with Crippen molar-refractivity contribution in [1.29, 1.82) is 0 Å². The van der Waals surface area contributed by atoms with E-state index >= 15 is 0 Å². The van der Waals surface area contributed by atoms with Crippen molar-refractivity contribution in [2.45, 2.75) is 19.9 Å². The minimum atomic E-state index is -0.215. The molecule has 0 radical (unpaired) electrons. The molecule has 0 aromatic carbocycles. The summed E-state index contributed by atoms with van der Waals surface area (Å²) >= 11 is 0. The summed E-state index contributed by atoms with van der Waals surface area (Å²) in [6, 6.07) is 1.81. The Kier molecular flexibility index (Phi) is 2.93. The zero-order valence-electron chi connectivity index (χ0n) is 9.25. The first-order chi connectivity index (χ1) is 7.79. The minimum absolute atomic E-state index is 0. The minimum Gasteiger partial charge on any atom is -0.267 e. The number of fused-ring (bicyclic) bond motifs is 2. The summed E-state index contributed by atoms with van der Waals surface area (Å²) in [5.41, 5.74) is 2.04. The number of aliphatic imine (C=N–C) groups is 1. The number of carbonyl (C=O) groups is 1. The van der Waals surface area contributed by atoms with Crippen molar-refractivity contribution in [3.63, 3.8) is 0 Å².